The molecule has 2 N–H and O–H groups in total. The number of rotatable bonds is 6. The van der Waals surface area contributed by atoms with Crippen molar-refractivity contribution in [3.8, 4) is 0 Å². The van der Waals surface area contributed by atoms with Gasteiger partial charge >= 0.3 is 5.97 Å². The molecular formula is C13H16N2O3S. The van der Waals surface area contributed by atoms with Gasteiger partial charge in [-0.2, -0.15) is 16.7 Å². The van der Waals surface area contributed by atoms with Crippen molar-refractivity contribution in [2.24, 2.45) is 0 Å². The maximum Gasteiger partial charge on any atom is 0.335 e. The van der Waals surface area contributed by atoms with Crippen LogP contribution >= 0.6 is 11.8 Å². The SMILES string of the molecule is CSCCC(C)Nc1nc2ccc(C(=O)O)cc2o1. The fourth-order valence-electron chi connectivity index (χ4n) is 1.70. The van der Waals surface area contributed by atoms with E-state index in [2.05, 4.69) is 23.5 Å². The lowest BCUT2D eigenvalue weighted by molar-refractivity contribution is 0.0697. The minimum Gasteiger partial charge on any atom is -0.478 e. The number of thioether (sulfide) groups is 1. The Hall–Kier alpha value is -1.69. The second-order valence-corrected chi connectivity index (χ2v) is 5.32. The quantitative estimate of drug-likeness (QED) is 0.847. The second kappa shape index (κ2) is 5.97. The number of carboxylic acids is 1. The molecule has 0 saturated carbocycles. The normalized spacial score (nSPS) is 12.5. The molecule has 102 valence electrons. The maximum absolute atomic E-state index is 10.9. The van der Waals surface area contributed by atoms with Crippen molar-refractivity contribution in [1.82, 2.24) is 4.98 Å². The standard InChI is InChI=1S/C13H16N2O3S/c1-8(5-6-19-2)14-13-15-10-4-3-9(12(16)17)7-11(10)18-13/h3-4,7-8H,5-6H2,1-2H3,(H,14,15)(H,16,17). The molecule has 1 heterocycles. The Morgan fingerprint density at radius 1 is 1.58 bits per heavy atom. The number of carboxylic acid groups (broad SMARTS) is 1. The van der Waals surface area contributed by atoms with Gasteiger partial charge in [-0.1, -0.05) is 0 Å². The lowest BCUT2D eigenvalue weighted by atomic mass is 10.2. The molecule has 19 heavy (non-hydrogen) atoms. The van der Waals surface area contributed by atoms with Gasteiger partial charge in [0.05, 0.1) is 5.56 Å². The summed E-state index contributed by atoms with van der Waals surface area (Å²) >= 11 is 1.79. The Kier molecular flexibility index (Phi) is 4.31. The Bertz CT molecular complexity index is 582. The smallest absolute Gasteiger partial charge is 0.335 e. The van der Waals surface area contributed by atoms with E-state index < -0.39 is 5.97 Å². The topological polar surface area (TPSA) is 75.4 Å². The molecule has 0 bridgehead atoms. The van der Waals surface area contributed by atoms with Crippen molar-refractivity contribution >= 4 is 34.8 Å². The Morgan fingerprint density at radius 2 is 2.37 bits per heavy atom. The van der Waals surface area contributed by atoms with E-state index in [-0.39, 0.29) is 11.6 Å². The summed E-state index contributed by atoms with van der Waals surface area (Å²) in [5.41, 5.74) is 1.34. The molecule has 6 heteroatoms. The van der Waals surface area contributed by atoms with Crippen molar-refractivity contribution < 1.29 is 14.3 Å². The van der Waals surface area contributed by atoms with Gasteiger partial charge in [0.15, 0.2) is 5.58 Å². The summed E-state index contributed by atoms with van der Waals surface area (Å²) in [5.74, 6) is 0.0959. The van der Waals surface area contributed by atoms with Crippen LogP contribution in [0.5, 0.6) is 0 Å². The van der Waals surface area contributed by atoms with Gasteiger partial charge < -0.3 is 14.8 Å². The summed E-state index contributed by atoms with van der Waals surface area (Å²) in [6.07, 6.45) is 3.08. The van der Waals surface area contributed by atoms with Gasteiger partial charge in [0.2, 0.25) is 0 Å². The van der Waals surface area contributed by atoms with E-state index in [1.165, 1.54) is 12.1 Å². The van der Waals surface area contributed by atoms with Gasteiger partial charge in [-0.05, 0) is 43.6 Å². The monoisotopic (exact) mass is 280 g/mol. The van der Waals surface area contributed by atoms with Crippen LogP contribution in [0.4, 0.5) is 6.01 Å². The number of nitrogens with zero attached hydrogens (tertiary/aromatic N) is 1. The van der Waals surface area contributed by atoms with E-state index in [1.54, 1.807) is 17.8 Å². The number of benzene rings is 1. The molecule has 1 atom stereocenters. The first-order chi connectivity index (χ1) is 9.10. The lowest BCUT2D eigenvalue weighted by Crippen LogP contribution is -2.15. The molecule has 5 nitrogen and oxygen atoms in total. The molecule has 0 fully saturated rings. The second-order valence-electron chi connectivity index (χ2n) is 4.33. The molecule has 1 aromatic carbocycles. The van der Waals surface area contributed by atoms with Gasteiger partial charge in [-0.3, -0.25) is 0 Å². The lowest BCUT2D eigenvalue weighted by Gasteiger charge is -2.10. The maximum atomic E-state index is 10.9. The number of aromatic carboxylic acids is 1. The van der Waals surface area contributed by atoms with E-state index in [0.717, 1.165) is 12.2 Å². The number of hydrogen-bond acceptors (Lipinski definition) is 5. The minimum absolute atomic E-state index is 0.200. The summed E-state index contributed by atoms with van der Waals surface area (Å²) in [5, 5.41) is 12.1. The van der Waals surface area contributed by atoms with Crippen LogP contribution in [0.1, 0.15) is 23.7 Å². The van der Waals surface area contributed by atoms with E-state index in [1.807, 2.05) is 0 Å². The molecule has 1 aromatic heterocycles. The van der Waals surface area contributed by atoms with Crippen LogP contribution < -0.4 is 5.32 Å². The van der Waals surface area contributed by atoms with Crippen LogP contribution in [0.3, 0.4) is 0 Å². The van der Waals surface area contributed by atoms with E-state index in [0.29, 0.717) is 17.1 Å². The molecule has 2 aromatic rings. The van der Waals surface area contributed by atoms with Crippen molar-refractivity contribution in [3.05, 3.63) is 23.8 Å². The zero-order valence-electron chi connectivity index (χ0n) is 10.8. The fraction of sp³-hybridized carbons (Fsp3) is 0.385. The predicted octanol–water partition coefficient (Wildman–Crippen LogP) is 3.08. The molecule has 2 rings (SSSR count). The van der Waals surface area contributed by atoms with E-state index in [9.17, 15) is 4.79 Å². The van der Waals surface area contributed by atoms with Crippen LogP contribution in [-0.4, -0.2) is 34.1 Å². The molecular weight excluding hydrogens is 264 g/mol. The molecule has 0 saturated heterocycles. The van der Waals surface area contributed by atoms with Crippen molar-refractivity contribution in [2.45, 2.75) is 19.4 Å². The zero-order chi connectivity index (χ0) is 13.8. The Morgan fingerprint density at radius 3 is 3.05 bits per heavy atom. The first kappa shape index (κ1) is 13.7. The summed E-state index contributed by atoms with van der Waals surface area (Å²) in [4.78, 5) is 15.2. The van der Waals surface area contributed by atoms with Gasteiger partial charge in [-0.15, -0.1) is 0 Å². The van der Waals surface area contributed by atoms with E-state index in [4.69, 9.17) is 9.52 Å². The van der Waals surface area contributed by atoms with Crippen molar-refractivity contribution in [1.29, 1.82) is 0 Å². The van der Waals surface area contributed by atoms with Crippen molar-refractivity contribution in [2.75, 3.05) is 17.3 Å². The Balaban J connectivity index is 2.15. The highest BCUT2D eigenvalue weighted by Crippen LogP contribution is 2.21. The van der Waals surface area contributed by atoms with Gasteiger partial charge in [0.1, 0.15) is 5.52 Å². The number of nitrogens with one attached hydrogen (secondary N) is 1. The van der Waals surface area contributed by atoms with Gasteiger partial charge in [0.25, 0.3) is 6.01 Å². The summed E-state index contributed by atoms with van der Waals surface area (Å²) < 4.78 is 5.52. The average molecular weight is 280 g/mol. The molecule has 0 aliphatic heterocycles. The van der Waals surface area contributed by atoms with E-state index >= 15 is 0 Å². The summed E-state index contributed by atoms with van der Waals surface area (Å²) in [6.45, 7) is 2.06. The largest absolute Gasteiger partial charge is 0.478 e. The third kappa shape index (κ3) is 3.41. The number of fused-ring (bicyclic) bond motifs is 1. The number of carbonyl (C=O) groups is 1. The molecule has 1 unspecified atom stereocenters. The summed E-state index contributed by atoms with van der Waals surface area (Å²) in [6, 6.07) is 5.36. The molecule has 0 radical (unpaired) electrons. The first-order valence-corrected chi connectivity index (χ1v) is 7.39. The third-order valence-electron chi connectivity index (χ3n) is 2.76. The molecule has 0 amide bonds. The number of aromatic nitrogens is 1. The van der Waals surface area contributed by atoms with Crippen molar-refractivity contribution in [3.63, 3.8) is 0 Å². The number of oxazole rings is 1. The van der Waals surface area contributed by atoms with Gasteiger partial charge in [-0.25, -0.2) is 4.79 Å². The van der Waals surface area contributed by atoms with Crippen LogP contribution in [0.15, 0.2) is 22.6 Å². The average Bonchev–Trinajstić information content (AvgIpc) is 2.77. The zero-order valence-corrected chi connectivity index (χ0v) is 11.7. The summed E-state index contributed by atoms with van der Waals surface area (Å²) in [7, 11) is 0. The highest BCUT2D eigenvalue weighted by Gasteiger charge is 2.11. The molecule has 0 spiro atoms. The highest BCUT2D eigenvalue weighted by molar-refractivity contribution is 7.98. The molecule has 0 aliphatic rings. The Labute approximate surface area is 115 Å². The number of hydrogen-bond donors (Lipinski definition) is 2. The van der Waals surface area contributed by atoms with Gasteiger partial charge in [0, 0.05) is 6.04 Å². The van der Waals surface area contributed by atoms with Crippen LogP contribution in [0.25, 0.3) is 11.1 Å². The third-order valence-corrected chi connectivity index (χ3v) is 3.40. The fourth-order valence-corrected chi connectivity index (χ4v) is 2.29. The number of anilines is 1. The first-order valence-electron chi connectivity index (χ1n) is 5.99. The van der Waals surface area contributed by atoms with Crippen LogP contribution in [0, 0.1) is 0 Å². The highest BCUT2D eigenvalue weighted by atomic mass is 32.2. The minimum atomic E-state index is -0.971. The predicted molar refractivity (Wildman–Crippen MR) is 77.1 cm³/mol. The molecule has 0 aliphatic carbocycles. The van der Waals surface area contributed by atoms with Crippen LogP contribution in [0.2, 0.25) is 0 Å². The van der Waals surface area contributed by atoms with Crippen LogP contribution in [-0.2, 0) is 0 Å².